The van der Waals surface area contributed by atoms with Crippen LogP contribution in [0.3, 0.4) is 0 Å². The third kappa shape index (κ3) is 6.66. The molecule has 0 aliphatic carbocycles. The number of imide groups is 2. The van der Waals surface area contributed by atoms with Crippen molar-refractivity contribution < 1.29 is 19.2 Å². The molecule has 2 aliphatic heterocycles. The molecular formula is C54H48N4O4. The second-order valence-corrected chi connectivity index (χ2v) is 17.0. The van der Waals surface area contributed by atoms with Gasteiger partial charge in [-0.2, -0.15) is 10.5 Å². The topological polar surface area (TPSA) is 122 Å². The highest BCUT2D eigenvalue weighted by molar-refractivity contribution is 6.44. The molecule has 0 aromatic heterocycles. The summed E-state index contributed by atoms with van der Waals surface area (Å²) in [6.07, 6.45) is 12.3. The Morgan fingerprint density at radius 1 is 0.387 bits per heavy atom. The van der Waals surface area contributed by atoms with E-state index in [0.29, 0.717) is 63.7 Å². The quantitative estimate of drug-likeness (QED) is 0.0414. The van der Waals surface area contributed by atoms with Crippen molar-refractivity contribution in [2.45, 2.75) is 90.9 Å². The smallest absolute Gasteiger partial charge is 0.261 e. The molecule has 4 amide bonds. The van der Waals surface area contributed by atoms with Crippen LogP contribution in [-0.4, -0.2) is 46.5 Å². The van der Waals surface area contributed by atoms with Gasteiger partial charge in [0.15, 0.2) is 0 Å². The first-order valence-electron chi connectivity index (χ1n) is 22.3. The minimum absolute atomic E-state index is 0.304. The number of carbonyl (C=O) groups is 4. The molecule has 308 valence electrons. The molecule has 0 bridgehead atoms. The van der Waals surface area contributed by atoms with Gasteiger partial charge in [0.25, 0.3) is 23.6 Å². The van der Waals surface area contributed by atoms with Crippen molar-refractivity contribution in [2.75, 3.05) is 13.1 Å². The van der Waals surface area contributed by atoms with Crippen LogP contribution in [0, 0.1) is 22.7 Å². The number of amides is 4. The SMILES string of the molecule is CCCCCCCCN1C(=O)c2ccc3c4c(-c5ccc(C#N)cc5)cc5c6c(cc(-c7ccc(C#N)cc7)c(c7ccc(c2c37)C1=O)c64)C(=O)N(CCCCCCCC)C5=O. The van der Waals surface area contributed by atoms with Crippen molar-refractivity contribution >= 4 is 66.7 Å². The van der Waals surface area contributed by atoms with E-state index in [9.17, 15) is 29.7 Å². The lowest BCUT2D eigenvalue weighted by Crippen LogP contribution is -2.41. The third-order valence-electron chi connectivity index (χ3n) is 13.1. The molecule has 0 spiro atoms. The first-order valence-corrected chi connectivity index (χ1v) is 22.3. The zero-order chi connectivity index (χ0) is 43.1. The molecule has 8 heteroatoms. The van der Waals surface area contributed by atoms with Crippen LogP contribution in [0.5, 0.6) is 0 Å². The van der Waals surface area contributed by atoms with Gasteiger partial charge in [-0.25, -0.2) is 0 Å². The number of nitrogens with zero attached hydrogens (tertiary/aromatic N) is 4. The second-order valence-electron chi connectivity index (χ2n) is 17.0. The van der Waals surface area contributed by atoms with Crippen molar-refractivity contribution in [3.05, 3.63) is 118 Å². The van der Waals surface area contributed by atoms with Gasteiger partial charge in [0.2, 0.25) is 0 Å². The van der Waals surface area contributed by atoms with Gasteiger partial charge in [-0.05, 0) is 111 Å². The van der Waals surface area contributed by atoms with E-state index in [1.165, 1.54) is 16.2 Å². The van der Waals surface area contributed by atoms with Crippen molar-refractivity contribution in [2.24, 2.45) is 0 Å². The molecule has 8 nitrogen and oxygen atoms in total. The van der Waals surface area contributed by atoms with Crippen molar-refractivity contribution in [1.82, 2.24) is 9.80 Å². The number of benzene rings is 7. The highest BCUT2D eigenvalue weighted by atomic mass is 16.2. The molecule has 7 aromatic carbocycles. The van der Waals surface area contributed by atoms with Crippen molar-refractivity contribution in [3.8, 4) is 34.4 Å². The fourth-order valence-corrected chi connectivity index (χ4v) is 9.98. The summed E-state index contributed by atoms with van der Waals surface area (Å²) in [4.78, 5) is 61.2. The van der Waals surface area contributed by atoms with E-state index in [2.05, 4.69) is 26.0 Å². The summed E-state index contributed by atoms with van der Waals surface area (Å²) in [5, 5.41) is 25.3. The molecule has 0 fully saturated rings. The molecule has 7 aromatic rings. The van der Waals surface area contributed by atoms with Gasteiger partial charge < -0.3 is 0 Å². The van der Waals surface area contributed by atoms with Gasteiger partial charge in [0.1, 0.15) is 0 Å². The predicted molar refractivity (Wildman–Crippen MR) is 245 cm³/mol. The predicted octanol–water partition coefficient (Wildman–Crippen LogP) is 12.7. The summed E-state index contributed by atoms with van der Waals surface area (Å²) in [6, 6.07) is 30.4. The first-order chi connectivity index (χ1) is 30.3. The molecule has 0 saturated heterocycles. The van der Waals surface area contributed by atoms with Gasteiger partial charge >= 0.3 is 0 Å². The van der Waals surface area contributed by atoms with E-state index in [0.717, 1.165) is 119 Å². The average Bonchev–Trinajstić information content (AvgIpc) is 3.30. The van der Waals surface area contributed by atoms with Gasteiger partial charge in [-0.1, -0.05) is 114 Å². The lowest BCUT2D eigenvalue weighted by Gasteiger charge is -2.32. The van der Waals surface area contributed by atoms with Crippen LogP contribution < -0.4 is 0 Å². The zero-order valence-corrected chi connectivity index (χ0v) is 35.4. The maximum atomic E-state index is 14.8. The monoisotopic (exact) mass is 816 g/mol. The van der Waals surface area contributed by atoms with Crippen LogP contribution >= 0.6 is 0 Å². The molecular weight excluding hydrogens is 769 g/mol. The van der Waals surface area contributed by atoms with E-state index in [4.69, 9.17) is 0 Å². The van der Waals surface area contributed by atoms with Gasteiger partial charge in [-0.3, -0.25) is 29.0 Å². The van der Waals surface area contributed by atoms with Crippen LogP contribution in [0.15, 0.2) is 84.9 Å². The largest absolute Gasteiger partial charge is 0.274 e. The normalized spacial score (nSPS) is 13.6. The third-order valence-corrected chi connectivity index (χ3v) is 13.1. The number of fused-ring (bicyclic) bond motifs is 2. The number of carbonyl (C=O) groups excluding carboxylic acids is 4. The molecule has 2 aliphatic rings. The fourth-order valence-electron chi connectivity index (χ4n) is 9.98. The Balaban J connectivity index is 1.33. The molecule has 9 rings (SSSR count). The molecule has 2 heterocycles. The van der Waals surface area contributed by atoms with Crippen LogP contribution in [-0.2, 0) is 0 Å². The Bertz CT molecular complexity index is 2860. The fraction of sp³-hybridized carbons (Fsp3) is 0.296. The second kappa shape index (κ2) is 16.9. The minimum Gasteiger partial charge on any atom is -0.274 e. The first kappa shape index (κ1) is 40.5. The van der Waals surface area contributed by atoms with Crippen LogP contribution in [0.1, 0.15) is 143 Å². The Labute approximate surface area is 361 Å². The van der Waals surface area contributed by atoms with E-state index < -0.39 is 0 Å². The van der Waals surface area contributed by atoms with Gasteiger partial charge in [0, 0.05) is 51.5 Å². The molecule has 0 unspecified atom stereocenters. The molecule has 0 radical (unpaired) electrons. The molecule has 62 heavy (non-hydrogen) atoms. The van der Waals surface area contributed by atoms with E-state index in [1.54, 1.807) is 24.3 Å². The zero-order valence-electron chi connectivity index (χ0n) is 35.4. The van der Waals surface area contributed by atoms with E-state index in [1.807, 2.05) is 60.7 Å². The summed E-state index contributed by atoms with van der Waals surface area (Å²) in [5.41, 5.74) is 5.83. The Morgan fingerprint density at radius 2 is 0.758 bits per heavy atom. The van der Waals surface area contributed by atoms with Crippen LogP contribution in [0.25, 0.3) is 65.3 Å². The van der Waals surface area contributed by atoms with Gasteiger partial charge in [0.05, 0.1) is 23.3 Å². The maximum absolute atomic E-state index is 14.8. The standard InChI is InChI=1S/C54H48N4O4/c1-3-5-7-9-11-13-27-57-51(59)39-25-23-37-45-38(24-26-40(48(39)45)52(57)60)47-42(36-21-17-34(32-56)18-22-36)30-44-49-43(53(61)58(54(44)62)28-14-12-10-8-6-4-2)29-41(46(37)50(47)49)35-19-15-33(31-55)16-20-35/h15-26,29-30H,3-14,27-28H2,1-2H3. The average molecular weight is 817 g/mol. The van der Waals surface area contributed by atoms with Gasteiger partial charge in [-0.15, -0.1) is 0 Å². The summed E-state index contributed by atoms with van der Waals surface area (Å²) >= 11 is 0. The number of rotatable bonds is 16. The highest BCUT2D eigenvalue weighted by Crippen LogP contribution is 2.52. The molecule has 0 N–H and O–H groups in total. The lowest BCUT2D eigenvalue weighted by molar-refractivity contribution is 0.0592. The number of unbranched alkanes of at least 4 members (excludes halogenated alkanes) is 10. The van der Waals surface area contributed by atoms with Crippen molar-refractivity contribution in [1.29, 1.82) is 10.5 Å². The summed E-state index contributed by atoms with van der Waals surface area (Å²) in [5.74, 6) is -1.30. The Hall–Kier alpha value is -6.90. The van der Waals surface area contributed by atoms with Crippen LogP contribution in [0.2, 0.25) is 0 Å². The number of nitriles is 2. The van der Waals surface area contributed by atoms with Crippen molar-refractivity contribution in [3.63, 3.8) is 0 Å². The summed E-state index contributed by atoms with van der Waals surface area (Å²) in [6.45, 7) is 5.01. The lowest BCUT2D eigenvalue weighted by atomic mass is 9.77. The minimum atomic E-state index is -0.340. The van der Waals surface area contributed by atoms with E-state index >= 15 is 0 Å². The summed E-state index contributed by atoms with van der Waals surface area (Å²) < 4.78 is 0. The Kier molecular flexibility index (Phi) is 11.0. The van der Waals surface area contributed by atoms with E-state index in [-0.39, 0.29) is 23.6 Å². The highest BCUT2D eigenvalue weighted by Gasteiger charge is 2.38. The van der Waals surface area contributed by atoms with Crippen LogP contribution in [0.4, 0.5) is 0 Å². The maximum Gasteiger partial charge on any atom is 0.261 e. The number of hydrogen-bond acceptors (Lipinski definition) is 6. The molecule has 0 saturated carbocycles. The Morgan fingerprint density at radius 3 is 1.16 bits per heavy atom. The molecule has 0 atom stereocenters. The number of hydrogen-bond donors (Lipinski definition) is 0. The summed E-state index contributed by atoms with van der Waals surface area (Å²) in [7, 11) is 0.